The third kappa shape index (κ3) is 5.19. The molecular formula is C17H9ClF7NO6. The molecule has 0 heterocycles. The van der Waals surface area contributed by atoms with Crippen molar-refractivity contribution in [1.29, 1.82) is 0 Å². The number of halogens is 8. The Labute approximate surface area is 178 Å². The van der Waals surface area contributed by atoms with Gasteiger partial charge in [-0.15, -0.1) is 0 Å². The first-order valence-electron chi connectivity index (χ1n) is 7.96. The highest BCUT2D eigenvalue weighted by Gasteiger charge is 2.64. The summed E-state index contributed by atoms with van der Waals surface area (Å²) in [7, 11) is 0.256. The van der Waals surface area contributed by atoms with Crippen LogP contribution in [-0.4, -0.2) is 30.0 Å². The molecule has 1 atom stereocenters. The van der Waals surface area contributed by atoms with Crippen LogP contribution in [0.15, 0.2) is 36.4 Å². The quantitative estimate of drug-likeness (QED) is 0.166. The first-order valence-corrected chi connectivity index (χ1v) is 8.34. The van der Waals surface area contributed by atoms with Crippen molar-refractivity contribution in [2.75, 3.05) is 7.11 Å². The number of carbonyl (C=O) groups excluding carboxylic acids is 1. The number of hydrogen-bond acceptors (Lipinski definition) is 6. The fraction of sp³-hybridized carbons (Fsp3) is 0.235. The van der Waals surface area contributed by atoms with E-state index in [2.05, 4.69) is 9.47 Å². The summed E-state index contributed by atoms with van der Waals surface area (Å²) in [5, 5.41) is 10.5. The Balaban J connectivity index is 2.41. The molecular weight excluding hydrogens is 483 g/mol. The molecule has 1 unspecified atom stereocenters. The molecule has 0 bridgehead atoms. The molecule has 7 nitrogen and oxygen atoms in total. The molecule has 0 radical (unpaired) electrons. The number of hydrogen-bond donors (Lipinski definition) is 0. The van der Waals surface area contributed by atoms with Crippen molar-refractivity contribution in [2.45, 2.75) is 18.2 Å². The number of benzene rings is 2. The summed E-state index contributed by atoms with van der Waals surface area (Å²) >= 11 is 5.70. The average molecular weight is 492 g/mol. The molecule has 2 rings (SSSR count). The van der Waals surface area contributed by atoms with Crippen molar-refractivity contribution in [3.05, 3.63) is 57.1 Å². The highest BCUT2D eigenvalue weighted by molar-refractivity contribution is 6.32. The number of alkyl halides is 7. The summed E-state index contributed by atoms with van der Waals surface area (Å²) in [5.41, 5.74) is -1.98. The number of nitro benzene ring substituents is 1. The van der Waals surface area contributed by atoms with Crippen LogP contribution in [0.3, 0.4) is 0 Å². The van der Waals surface area contributed by atoms with Gasteiger partial charge in [-0.2, -0.15) is 30.7 Å². The molecule has 2 aromatic rings. The summed E-state index contributed by atoms with van der Waals surface area (Å²) in [6, 6.07) is 3.58. The fourth-order valence-corrected chi connectivity index (χ4v) is 2.38. The third-order valence-corrected chi connectivity index (χ3v) is 4.02. The first kappa shape index (κ1) is 25.1. The molecule has 174 valence electrons. The largest absolute Gasteiger partial charge is 0.460 e. The summed E-state index contributed by atoms with van der Waals surface area (Å²) in [5.74, 6) is -9.50. The smallest absolute Gasteiger partial charge is 0.448 e. The summed E-state index contributed by atoms with van der Waals surface area (Å²) < 4.78 is 103. The number of rotatable bonds is 6. The lowest BCUT2D eigenvalue weighted by Crippen LogP contribution is -2.51. The Morgan fingerprint density at radius 1 is 1.00 bits per heavy atom. The predicted molar refractivity (Wildman–Crippen MR) is 92.2 cm³/mol. The van der Waals surface area contributed by atoms with E-state index in [0.29, 0.717) is 30.3 Å². The number of nitrogens with zero attached hydrogens (tertiary/aromatic N) is 1. The van der Waals surface area contributed by atoms with Crippen LogP contribution in [0.2, 0.25) is 5.02 Å². The van der Waals surface area contributed by atoms with E-state index in [1.54, 1.807) is 0 Å². The minimum absolute atomic E-state index is 0.256. The minimum Gasteiger partial charge on any atom is -0.448 e. The van der Waals surface area contributed by atoms with E-state index < -0.39 is 62.6 Å². The van der Waals surface area contributed by atoms with E-state index in [4.69, 9.17) is 16.3 Å². The minimum atomic E-state index is -5.81. The normalized spacial score (nSPS) is 13.9. The summed E-state index contributed by atoms with van der Waals surface area (Å²) in [6.45, 7) is 0. The van der Waals surface area contributed by atoms with E-state index in [1.165, 1.54) is 0 Å². The van der Waals surface area contributed by atoms with Crippen molar-refractivity contribution >= 4 is 23.3 Å². The lowest BCUT2D eigenvalue weighted by Gasteiger charge is -2.23. The maximum atomic E-state index is 13.9. The van der Waals surface area contributed by atoms with Gasteiger partial charge in [-0.05, 0) is 24.3 Å². The lowest BCUT2D eigenvalue weighted by molar-refractivity contribution is -0.385. The van der Waals surface area contributed by atoms with E-state index in [-0.39, 0.29) is 7.11 Å². The van der Waals surface area contributed by atoms with Crippen molar-refractivity contribution < 1.29 is 54.7 Å². The van der Waals surface area contributed by atoms with Gasteiger partial charge in [0.25, 0.3) is 0 Å². The Morgan fingerprint density at radius 3 is 2.09 bits per heavy atom. The number of nitro groups is 1. The van der Waals surface area contributed by atoms with Gasteiger partial charge in [-0.25, -0.2) is 4.79 Å². The summed E-state index contributed by atoms with van der Waals surface area (Å²) in [6.07, 6.45) is -10.6. The molecule has 32 heavy (non-hydrogen) atoms. The standard InChI is InChI=1S/C17H9ClF7NO6/c1-30-15(19,17(23,24)25)14(27)31-9-3-4-11(26(28)29)13(7-9)32-12-5-2-8(6-10(12)18)16(20,21)22/h2-7H,1H3. The Morgan fingerprint density at radius 2 is 1.62 bits per heavy atom. The van der Waals surface area contributed by atoms with Crippen LogP contribution in [0.25, 0.3) is 0 Å². The first-order chi connectivity index (χ1) is 14.6. The lowest BCUT2D eigenvalue weighted by atomic mass is 10.2. The highest BCUT2D eigenvalue weighted by Crippen LogP contribution is 2.41. The van der Waals surface area contributed by atoms with Crippen LogP contribution in [0.5, 0.6) is 17.2 Å². The molecule has 2 aromatic carbocycles. The second-order valence-corrected chi connectivity index (χ2v) is 6.23. The molecule has 0 amide bonds. The number of ether oxygens (including phenoxy) is 3. The second-order valence-electron chi connectivity index (χ2n) is 5.82. The van der Waals surface area contributed by atoms with Gasteiger partial charge >= 0.3 is 29.9 Å². The van der Waals surface area contributed by atoms with Crippen LogP contribution in [0.1, 0.15) is 5.56 Å². The number of methoxy groups -OCH3 is 1. The van der Waals surface area contributed by atoms with E-state index in [0.717, 1.165) is 6.07 Å². The van der Waals surface area contributed by atoms with Crippen LogP contribution in [-0.2, 0) is 15.7 Å². The second kappa shape index (κ2) is 8.78. The molecule has 0 aliphatic carbocycles. The topological polar surface area (TPSA) is 87.9 Å². The van der Waals surface area contributed by atoms with E-state index >= 15 is 0 Å². The number of esters is 1. The molecule has 0 fully saturated rings. The SMILES string of the molecule is COC(F)(C(=O)Oc1ccc([N+](=O)[O-])c(Oc2ccc(C(F)(F)F)cc2Cl)c1)C(F)(F)F. The molecule has 0 aliphatic heterocycles. The van der Waals surface area contributed by atoms with Gasteiger partial charge in [0.2, 0.25) is 5.75 Å². The van der Waals surface area contributed by atoms with Gasteiger partial charge in [0.15, 0.2) is 0 Å². The zero-order chi connectivity index (χ0) is 24.5. The maximum absolute atomic E-state index is 13.9. The van der Waals surface area contributed by atoms with Gasteiger partial charge in [0, 0.05) is 19.2 Å². The van der Waals surface area contributed by atoms with Crippen molar-refractivity contribution in [1.82, 2.24) is 0 Å². The van der Waals surface area contributed by atoms with Crippen LogP contribution in [0, 0.1) is 10.1 Å². The van der Waals surface area contributed by atoms with Crippen LogP contribution < -0.4 is 9.47 Å². The zero-order valence-corrected chi connectivity index (χ0v) is 16.1. The predicted octanol–water partition coefficient (Wildman–Crippen LogP) is 5.84. The Hall–Kier alpha value is -3.13. The Bertz CT molecular complexity index is 1040. The molecule has 0 aliphatic rings. The molecule has 0 saturated heterocycles. The maximum Gasteiger partial charge on any atom is 0.460 e. The van der Waals surface area contributed by atoms with E-state index in [1.807, 2.05) is 0 Å². The molecule has 0 N–H and O–H groups in total. The highest BCUT2D eigenvalue weighted by atomic mass is 35.5. The summed E-state index contributed by atoms with van der Waals surface area (Å²) in [4.78, 5) is 21.8. The van der Waals surface area contributed by atoms with Gasteiger partial charge < -0.3 is 14.2 Å². The molecule has 0 spiro atoms. The van der Waals surface area contributed by atoms with Gasteiger partial charge in [-0.1, -0.05) is 11.6 Å². The van der Waals surface area contributed by atoms with Crippen molar-refractivity contribution in [2.24, 2.45) is 0 Å². The monoisotopic (exact) mass is 491 g/mol. The molecule has 0 saturated carbocycles. The van der Waals surface area contributed by atoms with Gasteiger partial charge in [0.1, 0.15) is 11.5 Å². The van der Waals surface area contributed by atoms with E-state index in [9.17, 15) is 45.6 Å². The fourth-order valence-electron chi connectivity index (χ4n) is 2.16. The van der Waals surface area contributed by atoms with Crippen molar-refractivity contribution in [3.8, 4) is 17.2 Å². The van der Waals surface area contributed by atoms with Gasteiger partial charge in [-0.3, -0.25) is 10.1 Å². The third-order valence-electron chi connectivity index (χ3n) is 3.73. The zero-order valence-electron chi connectivity index (χ0n) is 15.4. The van der Waals surface area contributed by atoms with Crippen molar-refractivity contribution in [3.63, 3.8) is 0 Å². The van der Waals surface area contributed by atoms with Crippen LogP contribution >= 0.6 is 11.6 Å². The average Bonchev–Trinajstić information content (AvgIpc) is 2.67. The van der Waals surface area contributed by atoms with Crippen LogP contribution in [0.4, 0.5) is 36.4 Å². The Kier molecular flexibility index (Phi) is 6.90. The van der Waals surface area contributed by atoms with Gasteiger partial charge in [0.05, 0.1) is 15.5 Å². The molecule has 0 aromatic heterocycles. The molecule has 15 heteroatoms. The number of carbonyl (C=O) groups is 1.